The molecule has 0 aromatic heterocycles. The minimum Gasteiger partial charge on any atom is -0.444 e. The lowest BCUT2D eigenvalue weighted by Gasteiger charge is -2.19. The second kappa shape index (κ2) is 8.82. The number of alkyl carbamates (subject to hydrolysis) is 1. The number of benzene rings is 1. The van der Waals surface area contributed by atoms with Crippen LogP contribution in [-0.4, -0.2) is 45.7 Å². The van der Waals surface area contributed by atoms with Gasteiger partial charge in [0.1, 0.15) is 5.60 Å². The zero-order valence-electron chi connectivity index (χ0n) is 14.9. The number of aryl methyl sites for hydroxylation is 1. The van der Waals surface area contributed by atoms with Gasteiger partial charge in [0.25, 0.3) is 0 Å². The van der Waals surface area contributed by atoms with Gasteiger partial charge in [-0.25, -0.2) is 17.9 Å². The summed E-state index contributed by atoms with van der Waals surface area (Å²) in [6.07, 6.45) is -0.692. The molecule has 9 heteroatoms. The summed E-state index contributed by atoms with van der Waals surface area (Å²) in [7, 11) is -3.61. The van der Waals surface area contributed by atoms with Crippen LogP contribution in [0.25, 0.3) is 0 Å². The molecule has 0 aliphatic rings. The van der Waals surface area contributed by atoms with Gasteiger partial charge in [-0.15, -0.1) is 0 Å². The van der Waals surface area contributed by atoms with E-state index in [9.17, 15) is 18.0 Å². The summed E-state index contributed by atoms with van der Waals surface area (Å²) in [6.45, 7) is 6.89. The lowest BCUT2D eigenvalue weighted by atomic mass is 10.2. The lowest BCUT2D eigenvalue weighted by Crippen LogP contribution is -2.41. The van der Waals surface area contributed by atoms with Crippen LogP contribution in [0, 0.1) is 6.92 Å². The molecule has 0 unspecified atom stereocenters. The number of amides is 2. The largest absolute Gasteiger partial charge is 0.444 e. The van der Waals surface area contributed by atoms with Crippen LogP contribution in [0.1, 0.15) is 26.3 Å². The Morgan fingerprint density at radius 3 is 2.20 bits per heavy atom. The molecule has 0 radical (unpaired) electrons. The van der Waals surface area contributed by atoms with E-state index in [-0.39, 0.29) is 24.5 Å². The molecule has 1 rings (SSSR count). The van der Waals surface area contributed by atoms with Gasteiger partial charge < -0.3 is 15.4 Å². The van der Waals surface area contributed by atoms with Gasteiger partial charge in [-0.1, -0.05) is 17.7 Å². The Balaban J connectivity index is 2.29. The molecule has 0 fully saturated rings. The fraction of sp³-hybridized carbons (Fsp3) is 0.500. The third-order valence-corrected chi connectivity index (χ3v) is 4.34. The molecule has 0 heterocycles. The van der Waals surface area contributed by atoms with Crippen molar-refractivity contribution in [2.75, 3.05) is 19.6 Å². The minimum atomic E-state index is -3.61. The predicted octanol–water partition coefficient (Wildman–Crippen LogP) is 0.914. The molecule has 1 aromatic rings. The maximum Gasteiger partial charge on any atom is 0.408 e. The van der Waals surface area contributed by atoms with E-state index in [1.165, 1.54) is 12.1 Å². The summed E-state index contributed by atoms with van der Waals surface area (Å²) in [4.78, 5) is 23.1. The Kier molecular flexibility index (Phi) is 7.38. The first-order valence-corrected chi connectivity index (χ1v) is 9.28. The van der Waals surface area contributed by atoms with Crippen molar-refractivity contribution >= 4 is 22.0 Å². The number of sulfonamides is 1. The van der Waals surface area contributed by atoms with Crippen molar-refractivity contribution in [2.24, 2.45) is 0 Å². The normalized spacial score (nSPS) is 11.7. The number of carbonyl (C=O) groups is 2. The summed E-state index contributed by atoms with van der Waals surface area (Å²) in [5, 5.41) is 4.81. The van der Waals surface area contributed by atoms with Crippen LogP contribution in [0.4, 0.5) is 4.79 Å². The first kappa shape index (κ1) is 20.9. The van der Waals surface area contributed by atoms with Gasteiger partial charge in [-0.05, 0) is 39.8 Å². The molecule has 2 amide bonds. The quantitative estimate of drug-likeness (QED) is 0.617. The third kappa shape index (κ3) is 8.50. The standard InChI is InChI=1S/C16H25N3O5S/c1-12-5-7-13(8-6-12)25(22,23)19-10-9-17-14(20)11-18-15(21)24-16(2,3)4/h5-8,19H,9-11H2,1-4H3,(H,17,20)(H,18,21). The molecule has 0 saturated heterocycles. The van der Waals surface area contributed by atoms with Crippen LogP contribution in [0.3, 0.4) is 0 Å². The molecule has 0 aliphatic heterocycles. The molecule has 3 N–H and O–H groups in total. The summed E-state index contributed by atoms with van der Waals surface area (Å²) in [5.41, 5.74) is 0.318. The molecule has 0 atom stereocenters. The maximum atomic E-state index is 12.0. The Labute approximate surface area is 148 Å². The molecule has 1 aromatic carbocycles. The number of nitrogens with one attached hydrogen (secondary N) is 3. The number of hydrogen-bond acceptors (Lipinski definition) is 5. The van der Waals surface area contributed by atoms with Gasteiger partial charge >= 0.3 is 6.09 Å². The summed E-state index contributed by atoms with van der Waals surface area (Å²) in [6, 6.07) is 6.44. The highest BCUT2D eigenvalue weighted by atomic mass is 32.2. The first-order valence-electron chi connectivity index (χ1n) is 7.79. The smallest absolute Gasteiger partial charge is 0.408 e. The van der Waals surface area contributed by atoms with Crippen molar-refractivity contribution in [2.45, 2.75) is 38.2 Å². The monoisotopic (exact) mass is 371 g/mol. The van der Waals surface area contributed by atoms with Crippen LogP contribution in [-0.2, 0) is 19.6 Å². The number of carbonyl (C=O) groups excluding carboxylic acids is 2. The zero-order valence-corrected chi connectivity index (χ0v) is 15.7. The molecular formula is C16H25N3O5S. The van der Waals surface area contributed by atoms with Crippen LogP contribution in [0.15, 0.2) is 29.2 Å². The average molecular weight is 371 g/mol. The van der Waals surface area contributed by atoms with Crippen LogP contribution < -0.4 is 15.4 Å². The minimum absolute atomic E-state index is 0.0361. The van der Waals surface area contributed by atoms with Crippen molar-refractivity contribution in [3.63, 3.8) is 0 Å². The molecule has 140 valence electrons. The Bertz CT molecular complexity index is 693. The van der Waals surface area contributed by atoms with E-state index >= 15 is 0 Å². The first-order chi connectivity index (χ1) is 11.5. The second-order valence-corrected chi connectivity index (χ2v) is 8.18. The Hall–Kier alpha value is -2.13. The van der Waals surface area contributed by atoms with Crippen molar-refractivity contribution < 1.29 is 22.7 Å². The molecule has 0 spiro atoms. The van der Waals surface area contributed by atoms with Crippen molar-refractivity contribution in [1.29, 1.82) is 0 Å². The van der Waals surface area contributed by atoms with Gasteiger partial charge in [0.2, 0.25) is 15.9 Å². The molecule has 0 saturated carbocycles. The summed E-state index contributed by atoms with van der Waals surface area (Å²) >= 11 is 0. The van der Waals surface area contributed by atoms with Crippen LogP contribution in [0.2, 0.25) is 0 Å². The number of ether oxygens (including phenoxy) is 1. The molecule has 25 heavy (non-hydrogen) atoms. The van der Waals surface area contributed by atoms with E-state index < -0.39 is 27.6 Å². The SMILES string of the molecule is Cc1ccc(S(=O)(=O)NCCNC(=O)CNC(=O)OC(C)(C)C)cc1. The molecule has 0 aliphatic carbocycles. The van der Waals surface area contributed by atoms with Crippen molar-refractivity contribution in [3.8, 4) is 0 Å². The van der Waals surface area contributed by atoms with Gasteiger partial charge in [0, 0.05) is 13.1 Å². The summed E-state index contributed by atoms with van der Waals surface area (Å²) < 4.78 is 31.5. The number of hydrogen-bond donors (Lipinski definition) is 3. The van der Waals surface area contributed by atoms with Crippen molar-refractivity contribution in [3.05, 3.63) is 29.8 Å². The topological polar surface area (TPSA) is 114 Å². The zero-order chi connectivity index (χ0) is 19.1. The lowest BCUT2D eigenvalue weighted by molar-refractivity contribution is -0.120. The van der Waals surface area contributed by atoms with E-state index in [2.05, 4.69) is 15.4 Å². The summed E-state index contributed by atoms with van der Waals surface area (Å²) in [5.74, 6) is -0.444. The highest BCUT2D eigenvalue weighted by Crippen LogP contribution is 2.09. The van der Waals surface area contributed by atoms with Gasteiger partial charge in [-0.2, -0.15) is 0 Å². The molecule has 0 bridgehead atoms. The fourth-order valence-electron chi connectivity index (χ4n) is 1.72. The molecule has 8 nitrogen and oxygen atoms in total. The second-order valence-electron chi connectivity index (χ2n) is 6.42. The van der Waals surface area contributed by atoms with E-state index in [0.29, 0.717) is 0 Å². The van der Waals surface area contributed by atoms with E-state index in [0.717, 1.165) is 5.56 Å². The van der Waals surface area contributed by atoms with Crippen molar-refractivity contribution in [1.82, 2.24) is 15.4 Å². The van der Waals surface area contributed by atoms with E-state index in [4.69, 9.17) is 4.74 Å². The Morgan fingerprint density at radius 2 is 1.64 bits per heavy atom. The van der Waals surface area contributed by atoms with Gasteiger partial charge in [-0.3, -0.25) is 4.79 Å². The van der Waals surface area contributed by atoms with Gasteiger partial charge in [0.05, 0.1) is 11.4 Å². The Morgan fingerprint density at radius 1 is 1.04 bits per heavy atom. The number of rotatable bonds is 7. The highest BCUT2D eigenvalue weighted by molar-refractivity contribution is 7.89. The predicted molar refractivity (Wildman–Crippen MR) is 93.6 cm³/mol. The van der Waals surface area contributed by atoms with E-state index in [1.54, 1.807) is 32.9 Å². The molecular weight excluding hydrogens is 346 g/mol. The third-order valence-electron chi connectivity index (χ3n) is 2.86. The average Bonchev–Trinajstić information content (AvgIpc) is 2.48. The van der Waals surface area contributed by atoms with Gasteiger partial charge in [0.15, 0.2) is 0 Å². The highest BCUT2D eigenvalue weighted by Gasteiger charge is 2.16. The van der Waals surface area contributed by atoms with Crippen LogP contribution in [0.5, 0.6) is 0 Å². The fourth-order valence-corrected chi connectivity index (χ4v) is 2.75. The van der Waals surface area contributed by atoms with Crippen LogP contribution >= 0.6 is 0 Å². The van der Waals surface area contributed by atoms with E-state index in [1.807, 2.05) is 6.92 Å². The maximum absolute atomic E-state index is 12.0.